The highest BCUT2D eigenvalue weighted by Crippen LogP contribution is 2.28. The number of carboxylic acid groups (broad SMARTS) is 1. The number of aliphatic carboxylic acids is 1. The lowest BCUT2D eigenvalue weighted by atomic mass is 10.2. The number of benzene rings is 1. The molecule has 0 bridgehead atoms. The monoisotopic (exact) mass is 311 g/mol. The van der Waals surface area contributed by atoms with E-state index in [0.29, 0.717) is 30.3 Å². The molecule has 2 N–H and O–H groups in total. The number of rotatable bonds is 10. The van der Waals surface area contributed by atoms with E-state index in [4.69, 9.17) is 19.3 Å². The van der Waals surface area contributed by atoms with Crippen molar-refractivity contribution in [2.45, 2.75) is 13.8 Å². The Hall–Kier alpha value is -2.28. The van der Waals surface area contributed by atoms with Crippen molar-refractivity contribution in [1.29, 1.82) is 0 Å². The van der Waals surface area contributed by atoms with Crippen LogP contribution < -0.4 is 14.8 Å². The third-order valence-electron chi connectivity index (χ3n) is 2.56. The van der Waals surface area contributed by atoms with E-state index in [2.05, 4.69) is 5.32 Å². The molecule has 0 aromatic heterocycles. The van der Waals surface area contributed by atoms with Crippen LogP contribution in [0.15, 0.2) is 18.2 Å². The molecule has 0 saturated carbocycles. The first kappa shape index (κ1) is 17.8. The van der Waals surface area contributed by atoms with E-state index in [0.717, 1.165) is 0 Å². The van der Waals surface area contributed by atoms with Gasteiger partial charge in [-0.05, 0) is 32.0 Å². The molecular formula is C15H21NO6. The van der Waals surface area contributed by atoms with E-state index in [1.165, 1.54) is 0 Å². The van der Waals surface area contributed by atoms with E-state index in [1.54, 1.807) is 18.2 Å². The molecule has 1 rings (SSSR count). The zero-order valence-electron chi connectivity index (χ0n) is 12.8. The van der Waals surface area contributed by atoms with Crippen LogP contribution in [-0.2, 0) is 9.53 Å². The molecule has 0 heterocycles. The second kappa shape index (κ2) is 9.62. The Kier molecular flexibility index (Phi) is 7.77. The molecule has 7 nitrogen and oxygen atoms in total. The molecule has 0 spiro atoms. The number of hydrogen-bond acceptors (Lipinski definition) is 5. The van der Waals surface area contributed by atoms with Gasteiger partial charge in [0, 0.05) is 12.1 Å². The van der Waals surface area contributed by atoms with Crippen LogP contribution in [-0.4, -0.2) is 50.0 Å². The Labute approximate surface area is 129 Å². The second-order valence-corrected chi connectivity index (χ2v) is 4.23. The van der Waals surface area contributed by atoms with Gasteiger partial charge in [0.15, 0.2) is 11.5 Å². The van der Waals surface area contributed by atoms with Gasteiger partial charge in [-0.25, -0.2) is 4.79 Å². The molecule has 122 valence electrons. The first-order valence-electron chi connectivity index (χ1n) is 7.05. The van der Waals surface area contributed by atoms with Gasteiger partial charge in [-0.1, -0.05) is 0 Å². The summed E-state index contributed by atoms with van der Waals surface area (Å²) in [4.78, 5) is 22.3. The molecule has 0 fully saturated rings. The standard InChI is InChI=1S/C15H21NO6/c1-3-21-12-6-5-11(9-13(12)22-4-2)15(19)16-7-8-20-10-14(17)18/h5-6,9H,3-4,7-8,10H2,1-2H3,(H,16,19)(H,17,18). The average molecular weight is 311 g/mol. The molecule has 1 aromatic carbocycles. The normalized spacial score (nSPS) is 10.1. The SMILES string of the molecule is CCOc1ccc(C(=O)NCCOCC(=O)O)cc1OCC. The molecule has 0 aliphatic rings. The van der Waals surface area contributed by atoms with Crippen molar-refractivity contribution >= 4 is 11.9 Å². The summed E-state index contributed by atoms with van der Waals surface area (Å²) in [5.74, 6) is -0.230. The third kappa shape index (κ3) is 6.01. The van der Waals surface area contributed by atoms with Gasteiger partial charge in [0.25, 0.3) is 5.91 Å². The van der Waals surface area contributed by atoms with Crippen molar-refractivity contribution in [3.8, 4) is 11.5 Å². The van der Waals surface area contributed by atoms with Gasteiger partial charge in [-0.2, -0.15) is 0 Å². The summed E-state index contributed by atoms with van der Waals surface area (Å²) in [5, 5.41) is 11.1. The summed E-state index contributed by atoms with van der Waals surface area (Å²) in [7, 11) is 0. The predicted molar refractivity (Wildman–Crippen MR) is 79.6 cm³/mol. The Morgan fingerprint density at radius 1 is 1.14 bits per heavy atom. The highest BCUT2D eigenvalue weighted by Gasteiger charge is 2.11. The Bertz CT molecular complexity index is 503. The maximum Gasteiger partial charge on any atom is 0.329 e. The minimum Gasteiger partial charge on any atom is -0.490 e. The van der Waals surface area contributed by atoms with E-state index in [-0.39, 0.29) is 25.7 Å². The molecular weight excluding hydrogens is 290 g/mol. The zero-order valence-corrected chi connectivity index (χ0v) is 12.8. The average Bonchev–Trinajstić information content (AvgIpc) is 2.48. The van der Waals surface area contributed by atoms with Gasteiger partial charge in [-0.15, -0.1) is 0 Å². The highest BCUT2D eigenvalue weighted by atomic mass is 16.5. The largest absolute Gasteiger partial charge is 0.490 e. The first-order chi connectivity index (χ1) is 10.6. The van der Waals surface area contributed by atoms with Gasteiger partial charge in [0.1, 0.15) is 6.61 Å². The maximum absolute atomic E-state index is 12.0. The summed E-state index contributed by atoms with van der Waals surface area (Å²) in [6.07, 6.45) is 0. The summed E-state index contributed by atoms with van der Waals surface area (Å²) in [6, 6.07) is 4.94. The number of carbonyl (C=O) groups is 2. The molecule has 0 aliphatic carbocycles. The molecule has 0 aliphatic heterocycles. The van der Waals surface area contributed by atoms with Gasteiger partial charge in [-0.3, -0.25) is 4.79 Å². The molecule has 0 radical (unpaired) electrons. The van der Waals surface area contributed by atoms with Crippen LogP contribution in [0.25, 0.3) is 0 Å². The summed E-state index contributed by atoms with van der Waals surface area (Å²) >= 11 is 0. The second-order valence-electron chi connectivity index (χ2n) is 4.23. The first-order valence-corrected chi connectivity index (χ1v) is 7.05. The van der Waals surface area contributed by atoms with Crippen molar-refractivity contribution in [1.82, 2.24) is 5.32 Å². The van der Waals surface area contributed by atoms with Gasteiger partial charge in [0.05, 0.1) is 19.8 Å². The number of carbonyl (C=O) groups excluding carboxylic acids is 1. The molecule has 0 unspecified atom stereocenters. The minimum absolute atomic E-state index is 0.132. The van der Waals surface area contributed by atoms with Gasteiger partial charge < -0.3 is 24.6 Å². The van der Waals surface area contributed by atoms with Gasteiger partial charge in [0.2, 0.25) is 0 Å². The van der Waals surface area contributed by atoms with E-state index in [9.17, 15) is 9.59 Å². The topological polar surface area (TPSA) is 94.1 Å². The lowest BCUT2D eigenvalue weighted by Gasteiger charge is -2.12. The third-order valence-corrected chi connectivity index (χ3v) is 2.56. The van der Waals surface area contributed by atoms with Crippen molar-refractivity contribution in [2.75, 3.05) is 33.0 Å². The smallest absolute Gasteiger partial charge is 0.329 e. The molecule has 7 heteroatoms. The summed E-state index contributed by atoms with van der Waals surface area (Å²) in [6.45, 7) is 4.67. The number of carboxylic acids is 1. The van der Waals surface area contributed by atoms with Crippen LogP contribution >= 0.6 is 0 Å². The van der Waals surface area contributed by atoms with E-state index < -0.39 is 5.97 Å². The molecule has 0 atom stereocenters. The quantitative estimate of drug-likeness (QED) is 0.633. The maximum atomic E-state index is 12.0. The lowest BCUT2D eigenvalue weighted by molar-refractivity contribution is -0.142. The van der Waals surface area contributed by atoms with Crippen LogP contribution in [0.4, 0.5) is 0 Å². The van der Waals surface area contributed by atoms with Crippen LogP contribution in [0, 0.1) is 0 Å². The number of ether oxygens (including phenoxy) is 3. The van der Waals surface area contributed by atoms with Crippen LogP contribution in [0.5, 0.6) is 11.5 Å². The van der Waals surface area contributed by atoms with E-state index in [1.807, 2.05) is 13.8 Å². The van der Waals surface area contributed by atoms with Gasteiger partial charge >= 0.3 is 5.97 Å². The van der Waals surface area contributed by atoms with Crippen molar-refractivity contribution in [3.63, 3.8) is 0 Å². The minimum atomic E-state index is -1.04. The highest BCUT2D eigenvalue weighted by molar-refractivity contribution is 5.94. The fourth-order valence-corrected chi connectivity index (χ4v) is 1.69. The Morgan fingerprint density at radius 2 is 1.82 bits per heavy atom. The Morgan fingerprint density at radius 3 is 2.45 bits per heavy atom. The van der Waals surface area contributed by atoms with Crippen LogP contribution in [0.2, 0.25) is 0 Å². The van der Waals surface area contributed by atoms with Crippen molar-refractivity contribution < 1.29 is 28.9 Å². The predicted octanol–water partition coefficient (Wildman–Crippen LogP) is 1.31. The number of hydrogen-bond donors (Lipinski definition) is 2. The fraction of sp³-hybridized carbons (Fsp3) is 0.467. The number of nitrogens with one attached hydrogen (secondary N) is 1. The van der Waals surface area contributed by atoms with Crippen molar-refractivity contribution in [2.24, 2.45) is 0 Å². The molecule has 22 heavy (non-hydrogen) atoms. The van der Waals surface area contributed by atoms with Crippen LogP contribution in [0.1, 0.15) is 24.2 Å². The fourth-order valence-electron chi connectivity index (χ4n) is 1.69. The Balaban J connectivity index is 2.57. The van der Waals surface area contributed by atoms with Crippen molar-refractivity contribution in [3.05, 3.63) is 23.8 Å². The zero-order chi connectivity index (χ0) is 16.4. The molecule has 1 aromatic rings. The summed E-state index contributed by atoms with van der Waals surface area (Å²) < 4.78 is 15.7. The van der Waals surface area contributed by atoms with Crippen LogP contribution in [0.3, 0.4) is 0 Å². The molecule has 1 amide bonds. The lowest BCUT2D eigenvalue weighted by Crippen LogP contribution is -2.28. The number of amides is 1. The van der Waals surface area contributed by atoms with E-state index >= 15 is 0 Å². The molecule has 0 saturated heterocycles. The summed E-state index contributed by atoms with van der Waals surface area (Å²) in [5.41, 5.74) is 0.435.